The summed E-state index contributed by atoms with van der Waals surface area (Å²) >= 11 is 0. The molecule has 1 aliphatic rings. The summed E-state index contributed by atoms with van der Waals surface area (Å²) in [6.07, 6.45) is 7.67. The Morgan fingerprint density at radius 1 is 1.50 bits per heavy atom. The topological polar surface area (TPSA) is 47.2 Å². The van der Waals surface area contributed by atoms with Crippen molar-refractivity contribution in [2.24, 2.45) is 5.92 Å². The molecule has 1 amide bonds. The van der Waals surface area contributed by atoms with Gasteiger partial charge in [0, 0.05) is 25.2 Å². The molecule has 1 N–H and O–H groups in total. The Morgan fingerprint density at radius 3 is 3.05 bits per heavy atom. The van der Waals surface area contributed by atoms with Gasteiger partial charge in [-0.1, -0.05) is 19.8 Å². The number of carbonyl (C=O) groups excluding carboxylic acids is 1. The molecule has 1 fully saturated rings. The van der Waals surface area contributed by atoms with Crippen LogP contribution in [0.2, 0.25) is 0 Å². The SMILES string of the molecule is CCCCNC(=O)c1cc2occc2n1CC1CCC1. The molecule has 1 aliphatic carbocycles. The lowest BCUT2D eigenvalue weighted by molar-refractivity contribution is 0.0942. The minimum atomic E-state index is 0.0178. The Morgan fingerprint density at radius 2 is 2.35 bits per heavy atom. The van der Waals surface area contributed by atoms with Crippen LogP contribution in [0.4, 0.5) is 0 Å². The minimum absolute atomic E-state index is 0.0178. The maximum atomic E-state index is 12.3. The van der Waals surface area contributed by atoms with Crippen molar-refractivity contribution in [2.45, 2.75) is 45.6 Å². The molecule has 108 valence electrons. The summed E-state index contributed by atoms with van der Waals surface area (Å²) in [7, 11) is 0. The zero-order valence-electron chi connectivity index (χ0n) is 12.0. The lowest BCUT2D eigenvalue weighted by Crippen LogP contribution is -2.28. The van der Waals surface area contributed by atoms with Gasteiger partial charge in [0.1, 0.15) is 5.69 Å². The van der Waals surface area contributed by atoms with E-state index >= 15 is 0 Å². The van der Waals surface area contributed by atoms with Crippen LogP contribution in [-0.2, 0) is 6.54 Å². The molecule has 1 saturated carbocycles. The Labute approximate surface area is 119 Å². The highest BCUT2D eigenvalue weighted by atomic mass is 16.3. The van der Waals surface area contributed by atoms with Crippen LogP contribution in [-0.4, -0.2) is 17.0 Å². The number of hydrogen-bond donors (Lipinski definition) is 1. The van der Waals surface area contributed by atoms with Gasteiger partial charge in [0.05, 0.1) is 11.8 Å². The summed E-state index contributed by atoms with van der Waals surface area (Å²) in [4.78, 5) is 12.3. The van der Waals surface area contributed by atoms with Crippen molar-refractivity contribution >= 4 is 17.0 Å². The molecule has 0 aromatic carbocycles. The fourth-order valence-electron chi connectivity index (χ4n) is 2.76. The van der Waals surface area contributed by atoms with Crippen molar-refractivity contribution in [1.29, 1.82) is 0 Å². The van der Waals surface area contributed by atoms with Gasteiger partial charge in [-0.2, -0.15) is 0 Å². The first-order chi connectivity index (χ1) is 9.79. The maximum Gasteiger partial charge on any atom is 0.268 e. The number of aromatic nitrogens is 1. The highest BCUT2D eigenvalue weighted by Crippen LogP contribution is 2.31. The van der Waals surface area contributed by atoms with Crippen molar-refractivity contribution in [3.63, 3.8) is 0 Å². The number of furan rings is 1. The number of amides is 1. The molecule has 20 heavy (non-hydrogen) atoms. The van der Waals surface area contributed by atoms with E-state index in [1.54, 1.807) is 6.26 Å². The number of unbranched alkanes of at least 4 members (excludes halogenated alkanes) is 1. The smallest absolute Gasteiger partial charge is 0.268 e. The molecule has 0 spiro atoms. The highest BCUT2D eigenvalue weighted by Gasteiger charge is 2.23. The van der Waals surface area contributed by atoms with Crippen molar-refractivity contribution in [3.05, 3.63) is 24.1 Å². The third kappa shape index (κ3) is 2.47. The standard InChI is InChI=1S/C16H22N2O2/c1-2-3-8-17-16(19)14-10-15-13(7-9-20-15)18(14)11-12-5-4-6-12/h7,9-10,12H,2-6,8,11H2,1H3,(H,17,19). The third-order valence-electron chi connectivity index (χ3n) is 4.24. The van der Waals surface area contributed by atoms with Crippen LogP contribution in [0.1, 0.15) is 49.5 Å². The summed E-state index contributed by atoms with van der Waals surface area (Å²) in [5.74, 6) is 0.729. The van der Waals surface area contributed by atoms with E-state index in [1.807, 2.05) is 12.1 Å². The molecule has 4 heteroatoms. The maximum absolute atomic E-state index is 12.3. The molecule has 0 saturated heterocycles. The van der Waals surface area contributed by atoms with Gasteiger partial charge in [0.15, 0.2) is 5.58 Å². The first kappa shape index (κ1) is 13.3. The van der Waals surface area contributed by atoms with Gasteiger partial charge in [-0.25, -0.2) is 0 Å². The Hall–Kier alpha value is -1.71. The minimum Gasteiger partial charge on any atom is -0.463 e. The van der Waals surface area contributed by atoms with Gasteiger partial charge >= 0.3 is 0 Å². The van der Waals surface area contributed by atoms with Crippen LogP contribution in [0.3, 0.4) is 0 Å². The second-order valence-electron chi connectivity index (χ2n) is 5.72. The molecular weight excluding hydrogens is 252 g/mol. The zero-order chi connectivity index (χ0) is 13.9. The van der Waals surface area contributed by atoms with Gasteiger partial charge in [-0.3, -0.25) is 4.79 Å². The van der Waals surface area contributed by atoms with Gasteiger partial charge in [-0.15, -0.1) is 0 Å². The van der Waals surface area contributed by atoms with E-state index in [0.29, 0.717) is 5.92 Å². The predicted molar refractivity (Wildman–Crippen MR) is 78.8 cm³/mol. The second-order valence-corrected chi connectivity index (χ2v) is 5.72. The summed E-state index contributed by atoms with van der Waals surface area (Å²) in [6, 6.07) is 3.83. The molecule has 2 heterocycles. The lowest BCUT2D eigenvalue weighted by Gasteiger charge is -2.26. The van der Waals surface area contributed by atoms with Crippen molar-refractivity contribution in [3.8, 4) is 0 Å². The first-order valence-corrected chi connectivity index (χ1v) is 7.64. The molecule has 0 bridgehead atoms. The average molecular weight is 274 g/mol. The molecule has 0 aliphatic heterocycles. The van der Waals surface area contributed by atoms with E-state index < -0.39 is 0 Å². The largest absolute Gasteiger partial charge is 0.463 e. The van der Waals surface area contributed by atoms with E-state index in [1.165, 1.54) is 19.3 Å². The molecule has 2 aromatic heterocycles. The molecule has 4 nitrogen and oxygen atoms in total. The fraction of sp³-hybridized carbons (Fsp3) is 0.562. The quantitative estimate of drug-likeness (QED) is 0.819. The Balaban J connectivity index is 1.82. The van der Waals surface area contributed by atoms with Crippen molar-refractivity contribution in [2.75, 3.05) is 6.54 Å². The van der Waals surface area contributed by atoms with Crippen LogP contribution in [0.5, 0.6) is 0 Å². The number of rotatable bonds is 6. The summed E-state index contributed by atoms with van der Waals surface area (Å²) in [6.45, 7) is 3.80. The normalized spacial score (nSPS) is 15.4. The van der Waals surface area contributed by atoms with Crippen molar-refractivity contribution in [1.82, 2.24) is 9.88 Å². The van der Waals surface area contributed by atoms with Crippen LogP contribution in [0.15, 0.2) is 22.8 Å². The monoisotopic (exact) mass is 274 g/mol. The first-order valence-electron chi connectivity index (χ1n) is 7.64. The summed E-state index contributed by atoms with van der Waals surface area (Å²) in [5.41, 5.74) is 2.59. The van der Waals surface area contributed by atoms with Gasteiger partial charge < -0.3 is 14.3 Å². The van der Waals surface area contributed by atoms with Gasteiger partial charge in [0.2, 0.25) is 0 Å². The van der Waals surface area contributed by atoms with Gasteiger partial charge in [-0.05, 0) is 25.2 Å². The van der Waals surface area contributed by atoms with Crippen LogP contribution < -0.4 is 5.32 Å². The number of fused-ring (bicyclic) bond motifs is 1. The molecule has 2 aromatic rings. The van der Waals surface area contributed by atoms with E-state index in [9.17, 15) is 4.79 Å². The number of nitrogens with zero attached hydrogens (tertiary/aromatic N) is 1. The summed E-state index contributed by atoms with van der Waals surface area (Å²) in [5, 5.41) is 3.00. The van der Waals surface area contributed by atoms with E-state index in [0.717, 1.165) is 42.7 Å². The van der Waals surface area contributed by atoms with Crippen LogP contribution >= 0.6 is 0 Å². The fourth-order valence-corrected chi connectivity index (χ4v) is 2.76. The average Bonchev–Trinajstić information content (AvgIpc) is 2.95. The molecule has 0 unspecified atom stereocenters. The number of hydrogen-bond acceptors (Lipinski definition) is 2. The Kier molecular flexibility index (Phi) is 3.81. The number of nitrogens with one attached hydrogen (secondary N) is 1. The predicted octanol–water partition coefficient (Wildman–Crippen LogP) is 3.56. The number of carbonyl (C=O) groups is 1. The van der Waals surface area contributed by atoms with E-state index in [-0.39, 0.29) is 5.91 Å². The Bertz CT molecular complexity index is 593. The molecule has 0 radical (unpaired) electrons. The lowest BCUT2D eigenvalue weighted by atomic mass is 9.85. The van der Waals surface area contributed by atoms with E-state index in [4.69, 9.17) is 4.42 Å². The highest BCUT2D eigenvalue weighted by molar-refractivity contribution is 5.97. The molecular formula is C16H22N2O2. The van der Waals surface area contributed by atoms with Crippen LogP contribution in [0, 0.1) is 5.92 Å². The second kappa shape index (κ2) is 5.73. The third-order valence-corrected chi connectivity index (χ3v) is 4.24. The van der Waals surface area contributed by atoms with Gasteiger partial charge in [0.25, 0.3) is 5.91 Å². The van der Waals surface area contributed by atoms with Crippen LogP contribution in [0.25, 0.3) is 11.1 Å². The zero-order valence-corrected chi connectivity index (χ0v) is 12.0. The molecule has 0 atom stereocenters. The molecule has 3 rings (SSSR count). The van der Waals surface area contributed by atoms with Crippen molar-refractivity contribution < 1.29 is 9.21 Å². The van der Waals surface area contributed by atoms with E-state index in [2.05, 4.69) is 16.8 Å². The summed E-state index contributed by atoms with van der Waals surface area (Å²) < 4.78 is 7.58.